The van der Waals surface area contributed by atoms with Crippen LogP contribution in [0.3, 0.4) is 0 Å². The van der Waals surface area contributed by atoms with Crippen LogP contribution >= 0.6 is 12.6 Å². The van der Waals surface area contributed by atoms with Crippen LogP contribution in [0.25, 0.3) is 0 Å². The van der Waals surface area contributed by atoms with Crippen LogP contribution in [0, 0.1) is 0 Å². The summed E-state index contributed by atoms with van der Waals surface area (Å²) in [5.74, 6) is -0.0145. The van der Waals surface area contributed by atoms with E-state index in [1.807, 2.05) is 36.4 Å². The number of rotatable bonds is 4. The highest BCUT2D eigenvalue weighted by Gasteiger charge is 2.42. The lowest BCUT2D eigenvalue weighted by molar-refractivity contribution is -0.173. The molecular weight excluding hydrogens is 268 g/mol. The van der Waals surface area contributed by atoms with Crippen molar-refractivity contribution in [3.05, 3.63) is 71.8 Å². The quantitative estimate of drug-likeness (QED) is 0.868. The Morgan fingerprint density at radius 3 is 2.25 bits per heavy atom. The first kappa shape index (κ1) is 13.7. The Labute approximate surface area is 125 Å². The topological polar surface area (TPSA) is 18.5 Å². The molecule has 0 amide bonds. The predicted molar refractivity (Wildman–Crippen MR) is 82.9 cm³/mol. The number of hydrogen-bond acceptors (Lipinski definition) is 3. The van der Waals surface area contributed by atoms with Crippen LogP contribution < -0.4 is 0 Å². The summed E-state index contributed by atoms with van der Waals surface area (Å²) in [5, 5.41) is 0. The molecule has 104 valence electrons. The number of ether oxygens (including phenoxy) is 2. The Morgan fingerprint density at radius 1 is 1.00 bits per heavy atom. The molecule has 1 aliphatic rings. The lowest BCUT2D eigenvalue weighted by Crippen LogP contribution is -2.31. The fourth-order valence-corrected chi connectivity index (χ4v) is 2.74. The van der Waals surface area contributed by atoms with Crippen molar-refractivity contribution >= 4 is 12.6 Å². The molecule has 3 heteroatoms. The molecule has 2 atom stereocenters. The molecule has 0 bridgehead atoms. The van der Waals surface area contributed by atoms with E-state index in [4.69, 9.17) is 9.47 Å². The smallest absolute Gasteiger partial charge is 0.199 e. The summed E-state index contributed by atoms with van der Waals surface area (Å²) in [7, 11) is 0. The van der Waals surface area contributed by atoms with Gasteiger partial charge in [0.15, 0.2) is 5.79 Å². The minimum absolute atomic E-state index is 0.0438. The molecule has 1 aliphatic heterocycles. The molecule has 0 aliphatic carbocycles. The molecule has 0 saturated carbocycles. The van der Waals surface area contributed by atoms with Gasteiger partial charge in [0.05, 0.1) is 12.7 Å². The zero-order valence-electron chi connectivity index (χ0n) is 11.2. The van der Waals surface area contributed by atoms with Crippen LogP contribution in [0.2, 0.25) is 0 Å². The van der Waals surface area contributed by atoms with Crippen molar-refractivity contribution in [3.8, 4) is 0 Å². The Kier molecular flexibility index (Phi) is 4.10. The molecule has 2 aromatic carbocycles. The second-order valence-electron chi connectivity index (χ2n) is 5.01. The van der Waals surface area contributed by atoms with E-state index in [0.717, 1.165) is 5.56 Å². The van der Waals surface area contributed by atoms with Gasteiger partial charge in [-0.1, -0.05) is 60.7 Å². The first-order chi connectivity index (χ1) is 9.82. The minimum Gasteiger partial charge on any atom is -0.343 e. The highest BCUT2D eigenvalue weighted by atomic mass is 32.1. The molecule has 1 fully saturated rings. The van der Waals surface area contributed by atoms with E-state index in [1.165, 1.54) is 5.56 Å². The Morgan fingerprint density at radius 2 is 1.65 bits per heavy atom. The molecule has 1 saturated heterocycles. The summed E-state index contributed by atoms with van der Waals surface area (Å²) >= 11 is 4.33. The summed E-state index contributed by atoms with van der Waals surface area (Å²) < 4.78 is 12.3. The summed E-state index contributed by atoms with van der Waals surface area (Å²) in [6.07, 6.45) is 0.754. The standard InChI is InChI=1S/C17H18O2S/c20-13-16-12-18-17(19-16,15-9-5-2-6-10-15)11-14-7-3-1-4-8-14/h1-10,16,20H,11-13H2/t16-,17-/m1/s1. The van der Waals surface area contributed by atoms with Crippen LogP contribution in [-0.2, 0) is 21.7 Å². The first-order valence-electron chi connectivity index (χ1n) is 6.84. The number of benzene rings is 2. The third kappa shape index (κ3) is 2.75. The highest BCUT2D eigenvalue weighted by Crippen LogP contribution is 2.37. The maximum Gasteiger partial charge on any atom is 0.199 e. The van der Waals surface area contributed by atoms with Gasteiger partial charge in [0.25, 0.3) is 0 Å². The molecule has 0 spiro atoms. The summed E-state index contributed by atoms with van der Waals surface area (Å²) in [6.45, 7) is 0.589. The van der Waals surface area contributed by atoms with Crippen LogP contribution in [0.5, 0.6) is 0 Å². The molecule has 2 aromatic rings. The van der Waals surface area contributed by atoms with Crippen molar-refractivity contribution in [1.82, 2.24) is 0 Å². The molecule has 0 aromatic heterocycles. The summed E-state index contributed by atoms with van der Waals surface area (Å²) in [6, 6.07) is 20.5. The normalized spacial score (nSPS) is 25.8. The fraction of sp³-hybridized carbons (Fsp3) is 0.294. The zero-order valence-corrected chi connectivity index (χ0v) is 12.1. The molecule has 1 heterocycles. The average Bonchev–Trinajstić information content (AvgIpc) is 2.94. The Balaban J connectivity index is 1.93. The van der Waals surface area contributed by atoms with Gasteiger partial charge in [0.2, 0.25) is 0 Å². The zero-order chi connectivity index (χ0) is 13.8. The van der Waals surface area contributed by atoms with Crippen LogP contribution in [0.1, 0.15) is 11.1 Å². The molecular formula is C17H18O2S. The van der Waals surface area contributed by atoms with Crippen LogP contribution in [-0.4, -0.2) is 18.5 Å². The lowest BCUT2D eigenvalue weighted by Gasteiger charge is -2.28. The maximum absolute atomic E-state index is 6.19. The Hall–Kier alpha value is -1.29. The SMILES string of the molecule is SC[C@H]1CO[C@@](Cc2ccccc2)(c2ccccc2)O1. The second-order valence-corrected chi connectivity index (χ2v) is 5.38. The van der Waals surface area contributed by atoms with Crippen molar-refractivity contribution in [3.63, 3.8) is 0 Å². The third-order valence-electron chi connectivity index (χ3n) is 3.56. The monoisotopic (exact) mass is 286 g/mol. The van der Waals surface area contributed by atoms with E-state index in [1.54, 1.807) is 0 Å². The van der Waals surface area contributed by atoms with Gasteiger partial charge >= 0.3 is 0 Å². The average molecular weight is 286 g/mol. The fourth-order valence-electron chi connectivity index (χ4n) is 2.56. The number of thiol groups is 1. The van der Waals surface area contributed by atoms with Gasteiger partial charge in [0.1, 0.15) is 0 Å². The van der Waals surface area contributed by atoms with E-state index in [-0.39, 0.29) is 6.10 Å². The van der Waals surface area contributed by atoms with E-state index in [2.05, 4.69) is 36.9 Å². The predicted octanol–water partition coefficient (Wildman–Crippen LogP) is 3.43. The van der Waals surface area contributed by atoms with E-state index < -0.39 is 5.79 Å². The molecule has 0 unspecified atom stereocenters. The van der Waals surface area contributed by atoms with Gasteiger partial charge in [0, 0.05) is 17.7 Å². The highest BCUT2D eigenvalue weighted by molar-refractivity contribution is 7.80. The van der Waals surface area contributed by atoms with Crippen molar-refractivity contribution in [2.75, 3.05) is 12.4 Å². The van der Waals surface area contributed by atoms with Crippen molar-refractivity contribution in [2.24, 2.45) is 0 Å². The van der Waals surface area contributed by atoms with Gasteiger partial charge < -0.3 is 9.47 Å². The number of hydrogen-bond donors (Lipinski definition) is 1. The first-order valence-corrected chi connectivity index (χ1v) is 7.48. The molecule has 20 heavy (non-hydrogen) atoms. The maximum atomic E-state index is 6.19. The lowest BCUT2D eigenvalue weighted by atomic mass is 9.97. The summed E-state index contributed by atoms with van der Waals surface area (Å²) in [5.41, 5.74) is 2.27. The van der Waals surface area contributed by atoms with Gasteiger partial charge in [-0.2, -0.15) is 12.6 Å². The molecule has 0 radical (unpaired) electrons. The van der Waals surface area contributed by atoms with Gasteiger partial charge in [-0.15, -0.1) is 0 Å². The van der Waals surface area contributed by atoms with Crippen molar-refractivity contribution in [2.45, 2.75) is 18.3 Å². The van der Waals surface area contributed by atoms with Crippen molar-refractivity contribution < 1.29 is 9.47 Å². The second kappa shape index (κ2) is 6.00. The van der Waals surface area contributed by atoms with Gasteiger partial charge in [-0.25, -0.2) is 0 Å². The van der Waals surface area contributed by atoms with Crippen molar-refractivity contribution in [1.29, 1.82) is 0 Å². The van der Waals surface area contributed by atoms with Crippen LogP contribution in [0.15, 0.2) is 60.7 Å². The van der Waals surface area contributed by atoms with Gasteiger partial charge in [-0.05, 0) is 5.56 Å². The Bertz CT molecular complexity index is 543. The molecule has 3 rings (SSSR count). The van der Waals surface area contributed by atoms with E-state index in [9.17, 15) is 0 Å². The van der Waals surface area contributed by atoms with Gasteiger partial charge in [-0.3, -0.25) is 0 Å². The van der Waals surface area contributed by atoms with Crippen LogP contribution in [0.4, 0.5) is 0 Å². The van der Waals surface area contributed by atoms with E-state index >= 15 is 0 Å². The minimum atomic E-state index is -0.685. The molecule has 2 nitrogen and oxygen atoms in total. The van der Waals surface area contributed by atoms with E-state index in [0.29, 0.717) is 18.8 Å². The largest absolute Gasteiger partial charge is 0.343 e. The summed E-state index contributed by atoms with van der Waals surface area (Å²) in [4.78, 5) is 0. The molecule has 0 N–H and O–H groups in total. The third-order valence-corrected chi connectivity index (χ3v) is 3.96.